The molecule has 1 aliphatic heterocycles. The van der Waals surface area contributed by atoms with Crippen molar-refractivity contribution >= 4 is 22.6 Å². The number of hydrogen-bond acceptors (Lipinski definition) is 3. The Morgan fingerprint density at radius 3 is 3.05 bits per heavy atom. The van der Waals surface area contributed by atoms with Crippen molar-refractivity contribution in [1.82, 2.24) is 9.55 Å². The topological polar surface area (TPSA) is 44.1 Å². The predicted octanol–water partition coefficient (Wildman–Crippen LogP) is 2.16. The van der Waals surface area contributed by atoms with Crippen LogP contribution in [0.2, 0.25) is 0 Å². The first kappa shape index (κ1) is 12.7. The summed E-state index contributed by atoms with van der Waals surface area (Å²) in [7, 11) is 0. The molecule has 0 radical (unpaired) electrons. The zero-order chi connectivity index (χ0) is 13.4. The van der Waals surface area contributed by atoms with E-state index in [0.29, 0.717) is 10.1 Å². The molecule has 5 heteroatoms. The minimum absolute atomic E-state index is 0.00709. The maximum atomic E-state index is 12.1. The first-order chi connectivity index (χ1) is 9.15. The molecule has 3 rings (SSSR count). The van der Waals surface area contributed by atoms with Crippen LogP contribution in [0.15, 0.2) is 35.4 Å². The fourth-order valence-electron chi connectivity index (χ4n) is 2.25. The maximum Gasteiger partial charge on any atom is 0.267 e. The maximum absolute atomic E-state index is 12.1. The molecular formula is C14H13IN2O2. The van der Waals surface area contributed by atoms with Crippen molar-refractivity contribution < 1.29 is 4.74 Å². The van der Waals surface area contributed by atoms with Crippen molar-refractivity contribution in [3.63, 3.8) is 0 Å². The van der Waals surface area contributed by atoms with Crippen LogP contribution >= 0.6 is 22.6 Å². The molecule has 1 aromatic carbocycles. The van der Waals surface area contributed by atoms with Gasteiger partial charge in [-0.15, -0.1) is 0 Å². The van der Waals surface area contributed by atoms with Crippen molar-refractivity contribution in [3.05, 3.63) is 55.8 Å². The molecule has 19 heavy (non-hydrogen) atoms. The van der Waals surface area contributed by atoms with Crippen LogP contribution in [0.1, 0.15) is 11.3 Å². The Labute approximate surface area is 124 Å². The minimum atomic E-state index is 0.00709. The van der Waals surface area contributed by atoms with Gasteiger partial charge in [-0.1, -0.05) is 18.2 Å². The number of para-hydroxylation sites is 1. The average molecular weight is 368 g/mol. The van der Waals surface area contributed by atoms with Crippen molar-refractivity contribution in [2.45, 2.75) is 26.0 Å². The van der Waals surface area contributed by atoms with Crippen LogP contribution in [0.5, 0.6) is 5.75 Å². The molecule has 0 amide bonds. The summed E-state index contributed by atoms with van der Waals surface area (Å²) in [6.45, 7) is 2.38. The number of ether oxygens (including phenoxy) is 1. The average Bonchev–Trinajstić information content (AvgIpc) is 2.82. The van der Waals surface area contributed by atoms with E-state index in [2.05, 4.69) is 11.1 Å². The Morgan fingerprint density at radius 1 is 1.47 bits per heavy atom. The van der Waals surface area contributed by atoms with Crippen LogP contribution in [0.4, 0.5) is 0 Å². The van der Waals surface area contributed by atoms with Crippen molar-refractivity contribution in [1.29, 1.82) is 0 Å². The van der Waals surface area contributed by atoms with E-state index < -0.39 is 0 Å². The fourth-order valence-corrected chi connectivity index (χ4v) is 2.70. The largest absolute Gasteiger partial charge is 0.488 e. The highest BCUT2D eigenvalue weighted by Crippen LogP contribution is 2.28. The predicted molar refractivity (Wildman–Crippen MR) is 80.5 cm³/mol. The van der Waals surface area contributed by atoms with E-state index in [9.17, 15) is 4.79 Å². The molecule has 0 N–H and O–H groups in total. The van der Waals surface area contributed by atoms with Gasteiger partial charge in [-0.2, -0.15) is 0 Å². The fraction of sp³-hybridized carbons (Fsp3) is 0.286. The molecule has 0 bridgehead atoms. The monoisotopic (exact) mass is 368 g/mol. The second-order valence-electron chi connectivity index (χ2n) is 4.65. The molecule has 0 fully saturated rings. The van der Waals surface area contributed by atoms with Crippen LogP contribution in [-0.4, -0.2) is 15.7 Å². The normalized spacial score (nSPS) is 17.1. The number of nitrogens with zero attached hydrogens (tertiary/aromatic N) is 2. The lowest BCUT2D eigenvalue weighted by molar-refractivity contribution is 0.206. The second kappa shape index (κ2) is 4.96. The van der Waals surface area contributed by atoms with E-state index in [4.69, 9.17) is 4.74 Å². The summed E-state index contributed by atoms with van der Waals surface area (Å²) >= 11 is 2.04. The van der Waals surface area contributed by atoms with E-state index in [1.165, 1.54) is 5.56 Å². The van der Waals surface area contributed by atoms with Crippen LogP contribution in [0, 0.1) is 10.5 Å². The summed E-state index contributed by atoms with van der Waals surface area (Å²) in [4.78, 5) is 16.3. The number of aromatic nitrogens is 2. The third-order valence-electron chi connectivity index (χ3n) is 3.27. The lowest BCUT2D eigenvalue weighted by atomic mass is 10.1. The minimum Gasteiger partial charge on any atom is -0.488 e. The van der Waals surface area contributed by atoms with E-state index in [1.807, 2.05) is 47.7 Å². The number of rotatable bonds is 2. The summed E-state index contributed by atoms with van der Waals surface area (Å²) in [6.07, 6.45) is 2.45. The van der Waals surface area contributed by atoms with Gasteiger partial charge in [-0.05, 0) is 41.1 Å². The number of benzene rings is 1. The molecule has 0 spiro atoms. The molecule has 1 aliphatic rings. The highest BCUT2D eigenvalue weighted by atomic mass is 127. The van der Waals surface area contributed by atoms with Crippen LogP contribution in [-0.2, 0) is 13.0 Å². The SMILES string of the molecule is Cc1ncn(CC2Cc3ccccc3O2)c(=O)c1I. The van der Waals surface area contributed by atoms with Gasteiger partial charge < -0.3 is 4.74 Å². The lowest BCUT2D eigenvalue weighted by Crippen LogP contribution is -2.31. The molecule has 1 unspecified atom stereocenters. The van der Waals surface area contributed by atoms with Crippen LogP contribution < -0.4 is 10.3 Å². The van der Waals surface area contributed by atoms with Crippen LogP contribution in [0.25, 0.3) is 0 Å². The summed E-state index contributed by atoms with van der Waals surface area (Å²) in [6, 6.07) is 8.00. The third kappa shape index (κ3) is 2.39. The van der Waals surface area contributed by atoms with Gasteiger partial charge >= 0.3 is 0 Å². The molecule has 0 saturated carbocycles. The van der Waals surface area contributed by atoms with E-state index in [-0.39, 0.29) is 11.7 Å². The summed E-state index contributed by atoms with van der Waals surface area (Å²) in [5.74, 6) is 0.926. The van der Waals surface area contributed by atoms with Gasteiger partial charge in [0.15, 0.2) is 0 Å². The van der Waals surface area contributed by atoms with Crippen molar-refractivity contribution in [2.75, 3.05) is 0 Å². The zero-order valence-corrected chi connectivity index (χ0v) is 12.6. The summed E-state index contributed by atoms with van der Waals surface area (Å²) in [5.41, 5.74) is 1.99. The Morgan fingerprint density at radius 2 is 2.26 bits per heavy atom. The van der Waals surface area contributed by atoms with E-state index >= 15 is 0 Å². The van der Waals surface area contributed by atoms with Crippen molar-refractivity contribution in [3.8, 4) is 5.75 Å². The molecule has 0 aliphatic carbocycles. The first-order valence-electron chi connectivity index (χ1n) is 6.11. The van der Waals surface area contributed by atoms with Gasteiger partial charge in [0.25, 0.3) is 5.56 Å². The number of aryl methyl sites for hydroxylation is 1. The molecule has 98 valence electrons. The van der Waals surface area contributed by atoms with Gasteiger partial charge in [0.05, 0.1) is 22.1 Å². The number of fused-ring (bicyclic) bond motifs is 1. The van der Waals surface area contributed by atoms with E-state index in [0.717, 1.165) is 17.9 Å². The van der Waals surface area contributed by atoms with Gasteiger partial charge in [0.1, 0.15) is 11.9 Å². The van der Waals surface area contributed by atoms with Crippen molar-refractivity contribution in [2.24, 2.45) is 0 Å². The highest BCUT2D eigenvalue weighted by molar-refractivity contribution is 14.1. The molecule has 1 aromatic heterocycles. The van der Waals surface area contributed by atoms with Gasteiger partial charge in [0, 0.05) is 6.42 Å². The Bertz CT molecular complexity index is 656. The molecule has 2 heterocycles. The Hall–Kier alpha value is -1.37. The molecule has 2 aromatic rings. The summed E-state index contributed by atoms with van der Waals surface area (Å²) < 4.78 is 8.15. The quantitative estimate of drug-likeness (QED) is 0.764. The van der Waals surface area contributed by atoms with Gasteiger partial charge in [-0.25, -0.2) is 4.98 Å². The van der Waals surface area contributed by atoms with Crippen LogP contribution in [0.3, 0.4) is 0 Å². The molecule has 0 saturated heterocycles. The molecule has 1 atom stereocenters. The Balaban J connectivity index is 1.82. The third-order valence-corrected chi connectivity index (χ3v) is 4.51. The number of hydrogen-bond donors (Lipinski definition) is 0. The standard InChI is InChI=1S/C14H13IN2O2/c1-9-13(15)14(18)17(8-16-9)7-11-6-10-4-2-3-5-12(10)19-11/h2-5,8,11H,6-7H2,1H3. The first-order valence-corrected chi connectivity index (χ1v) is 7.19. The summed E-state index contributed by atoms with van der Waals surface area (Å²) in [5, 5.41) is 0. The smallest absolute Gasteiger partial charge is 0.267 e. The van der Waals surface area contributed by atoms with E-state index in [1.54, 1.807) is 10.9 Å². The molecular weight excluding hydrogens is 355 g/mol. The lowest BCUT2D eigenvalue weighted by Gasteiger charge is -2.13. The number of halogens is 1. The Kier molecular flexibility index (Phi) is 3.30. The second-order valence-corrected chi connectivity index (χ2v) is 5.73. The molecule has 4 nitrogen and oxygen atoms in total. The van der Waals surface area contributed by atoms with Gasteiger partial charge in [-0.3, -0.25) is 9.36 Å². The zero-order valence-electron chi connectivity index (χ0n) is 10.5. The van der Waals surface area contributed by atoms with Gasteiger partial charge in [0.2, 0.25) is 0 Å². The highest BCUT2D eigenvalue weighted by Gasteiger charge is 2.23.